The first-order valence-corrected chi connectivity index (χ1v) is 6.30. The maximum absolute atomic E-state index is 13.4. The zero-order chi connectivity index (χ0) is 12.5. The molecule has 92 valence electrons. The van der Waals surface area contributed by atoms with E-state index in [0.29, 0.717) is 24.5 Å². The number of halogens is 1. The highest BCUT2D eigenvalue weighted by molar-refractivity contribution is 5.84. The number of hydrogen-bond donors (Lipinski definition) is 0. The summed E-state index contributed by atoms with van der Waals surface area (Å²) >= 11 is 0. The molecule has 1 aromatic carbocycles. The van der Waals surface area contributed by atoms with Gasteiger partial charge < -0.3 is 0 Å². The first-order valence-electron chi connectivity index (χ1n) is 6.30. The molecule has 18 heavy (non-hydrogen) atoms. The van der Waals surface area contributed by atoms with Crippen molar-refractivity contribution >= 4 is 16.7 Å². The van der Waals surface area contributed by atoms with Crippen molar-refractivity contribution in [1.29, 1.82) is 0 Å². The first kappa shape index (κ1) is 11.3. The summed E-state index contributed by atoms with van der Waals surface area (Å²) in [5.74, 6) is 0.467. The number of aromatic nitrogens is 1. The van der Waals surface area contributed by atoms with E-state index in [1.807, 2.05) is 6.07 Å². The lowest BCUT2D eigenvalue weighted by Gasteiger charge is -2.22. The summed E-state index contributed by atoms with van der Waals surface area (Å²) in [6, 6.07) is 6.65. The highest BCUT2D eigenvalue weighted by Gasteiger charge is 2.21. The van der Waals surface area contributed by atoms with Gasteiger partial charge in [0.1, 0.15) is 11.6 Å². The van der Waals surface area contributed by atoms with Gasteiger partial charge in [-0.2, -0.15) is 0 Å². The minimum absolute atomic E-state index is 0.233. The quantitative estimate of drug-likeness (QED) is 0.766. The molecule has 0 radical (unpaired) electrons. The molecule has 1 fully saturated rings. The summed E-state index contributed by atoms with van der Waals surface area (Å²) in [7, 11) is 0. The third kappa shape index (κ3) is 2.01. The van der Waals surface area contributed by atoms with Crippen molar-refractivity contribution in [3.8, 4) is 0 Å². The number of hydrogen-bond acceptors (Lipinski definition) is 2. The molecule has 1 heterocycles. The Kier molecular flexibility index (Phi) is 2.82. The number of pyridine rings is 1. The van der Waals surface area contributed by atoms with E-state index in [2.05, 4.69) is 4.98 Å². The predicted molar refractivity (Wildman–Crippen MR) is 67.9 cm³/mol. The van der Waals surface area contributed by atoms with E-state index >= 15 is 0 Å². The molecule has 3 heteroatoms. The molecule has 0 bridgehead atoms. The number of carbonyl (C=O) groups is 1. The van der Waals surface area contributed by atoms with Gasteiger partial charge in [-0.25, -0.2) is 4.39 Å². The van der Waals surface area contributed by atoms with Crippen molar-refractivity contribution in [2.75, 3.05) is 0 Å². The monoisotopic (exact) mass is 243 g/mol. The Morgan fingerprint density at radius 3 is 2.72 bits per heavy atom. The maximum atomic E-state index is 13.4. The molecule has 3 rings (SSSR count). The lowest BCUT2D eigenvalue weighted by molar-refractivity contribution is -0.120. The minimum atomic E-state index is -0.233. The first-order chi connectivity index (χ1) is 8.74. The van der Waals surface area contributed by atoms with Crippen LogP contribution in [0.4, 0.5) is 4.39 Å². The molecule has 2 nitrogen and oxygen atoms in total. The molecular weight excluding hydrogens is 229 g/mol. The van der Waals surface area contributed by atoms with E-state index in [-0.39, 0.29) is 5.82 Å². The molecule has 0 amide bonds. The number of fused-ring (bicyclic) bond motifs is 1. The number of nitrogens with zero attached hydrogens (tertiary/aromatic N) is 1. The van der Waals surface area contributed by atoms with E-state index in [4.69, 9.17) is 0 Å². The van der Waals surface area contributed by atoms with Gasteiger partial charge in [-0.05, 0) is 48.6 Å². The summed E-state index contributed by atoms with van der Waals surface area (Å²) in [6.45, 7) is 0. The molecule has 0 atom stereocenters. The van der Waals surface area contributed by atoms with Crippen LogP contribution in [0, 0.1) is 5.82 Å². The average Bonchev–Trinajstić information content (AvgIpc) is 2.39. The zero-order valence-electron chi connectivity index (χ0n) is 10.0. The fourth-order valence-corrected chi connectivity index (χ4v) is 2.75. The molecule has 1 aliphatic carbocycles. The average molecular weight is 243 g/mol. The van der Waals surface area contributed by atoms with Crippen LogP contribution in [0.2, 0.25) is 0 Å². The van der Waals surface area contributed by atoms with Crippen LogP contribution in [0.1, 0.15) is 37.2 Å². The Labute approximate surface area is 105 Å². The van der Waals surface area contributed by atoms with Gasteiger partial charge in [0.15, 0.2) is 0 Å². The predicted octanol–water partition coefficient (Wildman–Crippen LogP) is 3.60. The molecule has 2 aromatic rings. The Hall–Kier alpha value is -1.77. The lowest BCUT2D eigenvalue weighted by atomic mass is 9.82. The third-order valence-electron chi connectivity index (χ3n) is 3.72. The van der Waals surface area contributed by atoms with Crippen LogP contribution in [0.3, 0.4) is 0 Å². The normalized spacial score (nSPS) is 17.3. The Morgan fingerprint density at radius 1 is 1.17 bits per heavy atom. The van der Waals surface area contributed by atoms with Gasteiger partial charge in [0, 0.05) is 24.4 Å². The molecule has 0 aliphatic heterocycles. The van der Waals surface area contributed by atoms with Gasteiger partial charge in [0.05, 0.1) is 5.52 Å². The maximum Gasteiger partial charge on any atom is 0.132 e. The summed E-state index contributed by atoms with van der Waals surface area (Å²) in [6.07, 6.45) is 4.79. The topological polar surface area (TPSA) is 30.0 Å². The van der Waals surface area contributed by atoms with Crippen LogP contribution >= 0.6 is 0 Å². The second kappa shape index (κ2) is 4.48. The molecule has 0 spiro atoms. The fraction of sp³-hybridized carbons (Fsp3) is 0.333. The van der Waals surface area contributed by atoms with Crippen LogP contribution in [0.25, 0.3) is 10.9 Å². The molecule has 0 N–H and O–H groups in total. The molecule has 0 saturated heterocycles. The number of ketones is 1. The molecule has 1 aliphatic rings. The van der Waals surface area contributed by atoms with E-state index in [9.17, 15) is 9.18 Å². The number of rotatable bonds is 1. The van der Waals surface area contributed by atoms with Crippen molar-refractivity contribution in [2.45, 2.75) is 31.6 Å². The summed E-state index contributed by atoms with van der Waals surface area (Å²) in [5.41, 5.74) is 1.96. The Balaban J connectivity index is 2.05. The van der Waals surface area contributed by atoms with Crippen molar-refractivity contribution < 1.29 is 9.18 Å². The molecule has 1 aromatic heterocycles. The van der Waals surface area contributed by atoms with E-state index in [1.165, 1.54) is 6.07 Å². The van der Waals surface area contributed by atoms with Gasteiger partial charge >= 0.3 is 0 Å². The van der Waals surface area contributed by atoms with Crippen molar-refractivity contribution in [3.63, 3.8) is 0 Å². The van der Waals surface area contributed by atoms with E-state index in [1.54, 1.807) is 18.3 Å². The fourth-order valence-electron chi connectivity index (χ4n) is 2.75. The third-order valence-corrected chi connectivity index (χ3v) is 3.72. The number of carbonyl (C=O) groups excluding carboxylic acids is 1. The smallest absolute Gasteiger partial charge is 0.132 e. The van der Waals surface area contributed by atoms with E-state index in [0.717, 1.165) is 29.3 Å². The van der Waals surface area contributed by atoms with Crippen molar-refractivity contribution in [2.24, 2.45) is 0 Å². The van der Waals surface area contributed by atoms with Crippen LogP contribution in [0.15, 0.2) is 30.5 Å². The Morgan fingerprint density at radius 2 is 1.94 bits per heavy atom. The second-order valence-corrected chi connectivity index (χ2v) is 4.87. The van der Waals surface area contributed by atoms with Gasteiger partial charge in [-0.15, -0.1) is 0 Å². The van der Waals surface area contributed by atoms with Gasteiger partial charge in [-0.1, -0.05) is 0 Å². The van der Waals surface area contributed by atoms with Gasteiger partial charge in [-0.3, -0.25) is 9.78 Å². The number of Topliss-reactive ketones (excluding diaryl/α,β-unsaturated/α-hetero) is 1. The molecular formula is C15H14FNO. The van der Waals surface area contributed by atoms with E-state index < -0.39 is 0 Å². The van der Waals surface area contributed by atoms with Gasteiger partial charge in [0.2, 0.25) is 0 Å². The van der Waals surface area contributed by atoms with Crippen molar-refractivity contribution in [3.05, 3.63) is 41.8 Å². The number of benzene rings is 1. The zero-order valence-corrected chi connectivity index (χ0v) is 10.0. The lowest BCUT2D eigenvalue weighted by Crippen LogP contribution is -2.12. The Bertz CT molecular complexity index is 598. The van der Waals surface area contributed by atoms with Gasteiger partial charge in [0.25, 0.3) is 0 Å². The highest BCUT2D eigenvalue weighted by Crippen LogP contribution is 2.34. The SMILES string of the molecule is O=C1CCC(c2ccnc3ccc(F)cc23)CC1. The van der Waals surface area contributed by atoms with Crippen LogP contribution in [-0.2, 0) is 4.79 Å². The van der Waals surface area contributed by atoms with Crippen molar-refractivity contribution in [1.82, 2.24) is 4.98 Å². The minimum Gasteiger partial charge on any atom is -0.300 e. The van der Waals surface area contributed by atoms with Crippen LogP contribution in [-0.4, -0.2) is 10.8 Å². The highest BCUT2D eigenvalue weighted by atomic mass is 19.1. The summed E-state index contributed by atoms with van der Waals surface area (Å²) < 4.78 is 13.4. The van der Waals surface area contributed by atoms with Crippen LogP contribution in [0.5, 0.6) is 0 Å². The standard InChI is InChI=1S/C15H14FNO/c16-11-3-6-15-14(9-11)13(7-8-17-15)10-1-4-12(18)5-2-10/h3,6-10H,1-2,4-5H2. The molecule has 0 unspecified atom stereocenters. The molecule has 1 saturated carbocycles. The van der Waals surface area contributed by atoms with Crippen LogP contribution < -0.4 is 0 Å². The summed E-state index contributed by atoms with van der Waals surface area (Å²) in [5, 5.41) is 0.886. The second-order valence-electron chi connectivity index (χ2n) is 4.87. The largest absolute Gasteiger partial charge is 0.300 e. The summed E-state index contributed by atoms with van der Waals surface area (Å²) in [4.78, 5) is 15.5.